The molecule has 1 aromatic rings. The summed E-state index contributed by atoms with van der Waals surface area (Å²) in [5.41, 5.74) is 0.705. The summed E-state index contributed by atoms with van der Waals surface area (Å²) in [6.07, 6.45) is 6.14. The van der Waals surface area contributed by atoms with Gasteiger partial charge in [-0.25, -0.2) is 0 Å². The fourth-order valence-corrected chi connectivity index (χ4v) is 2.81. The number of rotatable bonds is 3. The second kappa shape index (κ2) is 5.83. The smallest absolute Gasteiger partial charge is 0.251 e. The van der Waals surface area contributed by atoms with Crippen molar-refractivity contribution in [1.82, 2.24) is 5.32 Å². The summed E-state index contributed by atoms with van der Waals surface area (Å²) in [5.74, 6) is -0.133. The minimum Gasteiger partial charge on any atom is -0.506 e. The third-order valence-electron chi connectivity index (χ3n) is 3.95. The van der Waals surface area contributed by atoms with Crippen LogP contribution in [-0.2, 0) is 0 Å². The number of aromatic hydroxyl groups is 1. The van der Waals surface area contributed by atoms with Crippen LogP contribution in [0, 0.1) is 5.41 Å². The Morgan fingerprint density at radius 1 is 1.37 bits per heavy atom. The lowest BCUT2D eigenvalue weighted by atomic mass is 9.76. The van der Waals surface area contributed by atoms with E-state index < -0.39 is 0 Å². The summed E-state index contributed by atoms with van der Waals surface area (Å²) in [6.45, 7) is 2.93. The molecule has 4 heteroatoms. The van der Waals surface area contributed by atoms with Gasteiger partial charge in [0.1, 0.15) is 5.75 Å². The van der Waals surface area contributed by atoms with E-state index in [1.165, 1.54) is 44.2 Å². The Hall–Kier alpha value is -1.22. The molecule has 19 heavy (non-hydrogen) atoms. The van der Waals surface area contributed by atoms with Crippen molar-refractivity contribution in [1.29, 1.82) is 0 Å². The van der Waals surface area contributed by atoms with Gasteiger partial charge < -0.3 is 10.4 Å². The van der Waals surface area contributed by atoms with E-state index in [1.807, 2.05) is 0 Å². The van der Waals surface area contributed by atoms with Crippen molar-refractivity contribution in [3.05, 3.63) is 28.8 Å². The minimum atomic E-state index is -0.131. The van der Waals surface area contributed by atoms with Gasteiger partial charge in [0.05, 0.1) is 5.02 Å². The van der Waals surface area contributed by atoms with E-state index >= 15 is 0 Å². The number of phenolic OH excluding ortho intramolecular Hbond substituents is 1. The Labute approximate surface area is 119 Å². The minimum absolute atomic E-state index is 0.00235. The predicted molar refractivity (Wildman–Crippen MR) is 76.6 cm³/mol. The fourth-order valence-electron chi connectivity index (χ4n) is 2.63. The third kappa shape index (κ3) is 3.63. The van der Waals surface area contributed by atoms with Gasteiger partial charge >= 0.3 is 0 Å². The Balaban J connectivity index is 1.95. The van der Waals surface area contributed by atoms with Gasteiger partial charge in [-0.3, -0.25) is 4.79 Å². The van der Waals surface area contributed by atoms with Gasteiger partial charge in [-0.2, -0.15) is 0 Å². The molecular formula is C15H20ClNO2. The Kier molecular flexibility index (Phi) is 4.35. The van der Waals surface area contributed by atoms with Crippen molar-refractivity contribution < 1.29 is 9.90 Å². The summed E-state index contributed by atoms with van der Waals surface area (Å²) < 4.78 is 0. The van der Waals surface area contributed by atoms with Crippen LogP contribution in [0.1, 0.15) is 49.4 Å². The Morgan fingerprint density at radius 2 is 2.05 bits per heavy atom. The van der Waals surface area contributed by atoms with Crippen molar-refractivity contribution in [2.45, 2.75) is 39.0 Å². The van der Waals surface area contributed by atoms with Gasteiger partial charge in [0.15, 0.2) is 0 Å². The number of amides is 1. The zero-order valence-electron chi connectivity index (χ0n) is 11.2. The first kappa shape index (κ1) is 14.2. The van der Waals surface area contributed by atoms with Crippen LogP contribution in [0.4, 0.5) is 0 Å². The highest BCUT2D eigenvalue weighted by molar-refractivity contribution is 6.32. The molecule has 1 aliphatic carbocycles. The van der Waals surface area contributed by atoms with E-state index in [9.17, 15) is 9.90 Å². The molecule has 104 valence electrons. The fraction of sp³-hybridized carbons (Fsp3) is 0.533. The van der Waals surface area contributed by atoms with Crippen molar-refractivity contribution in [3.63, 3.8) is 0 Å². The van der Waals surface area contributed by atoms with E-state index in [0.717, 1.165) is 0 Å². The van der Waals surface area contributed by atoms with Gasteiger partial charge in [0, 0.05) is 12.1 Å². The number of carbonyl (C=O) groups is 1. The van der Waals surface area contributed by atoms with Crippen molar-refractivity contribution in [2.24, 2.45) is 5.41 Å². The van der Waals surface area contributed by atoms with E-state index in [-0.39, 0.29) is 22.1 Å². The maximum absolute atomic E-state index is 12.0. The summed E-state index contributed by atoms with van der Waals surface area (Å²) in [7, 11) is 0. The number of phenols is 1. The number of carbonyl (C=O) groups excluding carboxylic acids is 1. The molecule has 2 rings (SSSR count). The van der Waals surface area contributed by atoms with Gasteiger partial charge in [0.2, 0.25) is 0 Å². The van der Waals surface area contributed by atoms with Crippen LogP contribution >= 0.6 is 11.6 Å². The molecule has 3 nitrogen and oxygen atoms in total. The average Bonchev–Trinajstić information content (AvgIpc) is 2.40. The van der Waals surface area contributed by atoms with Crippen LogP contribution in [0.2, 0.25) is 5.02 Å². The van der Waals surface area contributed by atoms with Crippen molar-refractivity contribution in [2.75, 3.05) is 6.54 Å². The highest BCUT2D eigenvalue weighted by Gasteiger charge is 2.27. The van der Waals surface area contributed by atoms with Crippen LogP contribution in [0.3, 0.4) is 0 Å². The molecule has 0 aromatic heterocycles. The molecule has 1 amide bonds. The normalized spacial score (nSPS) is 18.0. The van der Waals surface area contributed by atoms with E-state index in [1.54, 1.807) is 6.07 Å². The number of halogens is 1. The lowest BCUT2D eigenvalue weighted by Gasteiger charge is -2.33. The molecule has 1 fully saturated rings. The lowest BCUT2D eigenvalue weighted by Crippen LogP contribution is -2.37. The molecule has 0 radical (unpaired) electrons. The zero-order valence-corrected chi connectivity index (χ0v) is 12.0. The van der Waals surface area contributed by atoms with E-state index in [2.05, 4.69) is 12.2 Å². The molecule has 0 saturated heterocycles. The summed E-state index contributed by atoms with van der Waals surface area (Å²) in [4.78, 5) is 12.0. The summed E-state index contributed by atoms with van der Waals surface area (Å²) >= 11 is 5.80. The van der Waals surface area contributed by atoms with Crippen molar-refractivity contribution >= 4 is 17.5 Å². The third-order valence-corrected chi connectivity index (χ3v) is 4.25. The molecule has 0 bridgehead atoms. The zero-order chi connectivity index (χ0) is 13.9. The molecule has 0 unspecified atom stereocenters. The molecular weight excluding hydrogens is 262 g/mol. The van der Waals surface area contributed by atoms with Gasteiger partial charge in [-0.05, 0) is 36.5 Å². The van der Waals surface area contributed by atoms with Crippen LogP contribution in [0.25, 0.3) is 0 Å². The summed E-state index contributed by atoms with van der Waals surface area (Å²) in [5, 5.41) is 12.5. The molecule has 2 N–H and O–H groups in total. The van der Waals surface area contributed by atoms with Crippen molar-refractivity contribution in [3.8, 4) is 5.75 Å². The largest absolute Gasteiger partial charge is 0.506 e. The van der Waals surface area contributed by atoms with Gasteiger partial charge in [-0.15, -0.1) is 0 Å². The lowest BCUT2D eigenvalue weighted by molar-refractivity contribution is 0.0919. The number of benzene rings is 1. The topological polar surface area (TPSA) is 49.3 Å². The Morgan fingerprint density at radius 3 is 2.68 bits per heavy atom. The molecule has 1 saturated carbocycles. The molecule has 1 aromatic carbocycles. The first-order valence-corrected chi connectivity index (χ1v) is 7.15. The first-order chi connectivity index (χ1) is 9.00. The van der Waals surface area contributed by atoms with Gasteiger partial charge in [0.25, 0.3) is 5.91 Å². The van der Waals surface area contributed by atoms with Crippen LogP contribution < -0.4 is 5.32 Å². The quantitative estimate of drug-likeness (QED) is 0.886. The Bertz CT molecular complexity index is 467. The van der Waals surface area contributed by atoms with E-state index in [4.69, 9.17) is 11.6 Å². The maximum atomic E-state index is 12.0. The first-order valence-electron chi connectivity index (χ1n) is 6.77. The standard InChI is InChI=1S/C15H20ClNO2/c1-15(7-3-2-4-8-15)10-17-14(19)11-5-6-13(18)12(16)9-11/h5-6,9,18H,2-4,7-8,10H2,1H3,(H,17,19). The highest BCUT2D eigenvalue weighted by atomic mass is 35.5. The van der Waals surface area contributed by atoms with Crippen LogP contribution in [-0.4, -0.2) is 17.6 Å². The van der Waals surface area contributed by atoms with Gasteiger partial charge in [-0.1, -0.05) is 37.8 Å². The molecule has 1 aliphatic rings. The highest BCUT2D eigenvalue weighted by Crippen LogP contribution is 2.35. The predicted octanol–water partition coefficient (Wildman–Crippen LogP) is 3.75. The second-order valence-electron chi connectivity index (χ2n) is 5.72. The monoisotopic (exact) mass is 281 g/mol. The SMILES string of the molecule is CC1(CNC(=O)c2ccc(O)c(Cl)c2)CCCCC1. The number of hydrogen-bond donors (Lipinski definition) is 2. The molecule has 0 aliphatic heterocycles. The second-order valence-corrected chi connectivity index (χ2v) is 6.13. The van der Waals surface area contributed by atoms with Crippen LogP contribution in [0.15, 0.2) is 18.2 Å². The maximum Gasteiger partial charge on any atom is 0.251 e. The van der Waals surface area contributed by atoms with Crippen LogP contribution in [0.5, 0.6) is 5.75 Å². The molecule has 0 heterocycles. The summed E-state index contributed by atoms with van der Waals surface area (Å²) in [6, 6.07) is 4.52. The van der Waals surface area contributed by atoms with E-state index in [0.29, 0.717) is 12.1 Å². The number of hydrogen-bond acceptors (Lipinski definition) is 2. The number of nitrogens with one attached hydrogen (secondary N) is 1. The molecule has 0 spiro atoms. The molecule has 0 atom stereocenters. The average molecular weight is 282 g/mol.